The lowest BCUT2D eigenvalue weighted by atomic mass is 9.76. The quantitative estimate of drug-likeness (QED) is 0.528. The van der Waals surface area contributed by atoms with Gasteiger partial charge in [0.05, 0.1) is 0 Å². The van der Waals surface area contributed by atoms with E-state index in [0.29, 0.717) is 25.0 Å². The molecule has 0 bridgehead atoms. The minimum Gasteiger partial charge on any atom is -0.507 e. The first-order chi connectivity index (χ1) is 12.2. The van der Waals surface area contributed by atoms with Crippen molar-refractivity contribution in [3.05, 3.63) is 34.9 Å². The molecule has 1 aliphatic rings. The minimum atomic E-state index is -0.765. The van der Waals surface area contributed by atoms with Gasteiger partial charge < -0.3 is 14.9 Å². The van der Waals surface area contributed by atoms with Gasteiger partial charge in [0, 0.05) is 29.5 Å². The van der Waals surface area contributed by atoms with Crippen LogP contribution in [-0.4, -0.2) is 21.8 Å². The summed E-state index contributed by atoms with van der Waals surface area (Å²) in [5.74, 6) is 0.464. The van der Waals surface area contributed by atoms with Crippen LogP contribution in [0.15, 0.2) is 18.2 Å². The molecule has 1 aromatic rings. The Morgan fingerprint density at radius 2 is 1.85 bits per heavy atom. The van der Waals surface area contributed by atoms with Gasteiger partial charge in [-0.25, -0.2) is 0 Å². The lowest BCUT2D eigenvalue weighted by molar-refractivity contribution is -0.137. The zero-order valence-electron chi connectivity index (χ0n) is 17.8. The lowest BCUT2D eigenvalue weighted by Crippen LogP contribution is -2.27. The van der Waals surface area contributed by atoms with E-state index in [1.807, 2.05) is 25.1 Å². The Hall–Kier alpha value is -1.97. The lowest BCUT2D eigenvalue weighted by Gasteiger charge is -2.29. The second-order valence-electron chi connectivity index (χ2n) is 9.90. The third-order valence-corrected chi connectivity index (χ3v) is 5.03. The average molecular weight is 375 g/mol. The number of phenolic OH excluding ortho intramolecular Hbond substituents is 1. The molecule has 27 heavy (non-hydrogen) atoms. The van der Waals surface area contributed by atoms with Gasteiger partial charge in [0.25, 0.3) is 0 Å². The highest BCUT2D eigenvalue weighted by atomic mass is 16.5. The van der Waals surface area contributed by atoms with Gasteiger partial charge in [-0.2, -0.15) is 0 Å². The number of aromatic hydroxyl groups is 1. The molecule has 1 aliphatic heterocycles. The molecular formula is C23H34O4. The van der Waals surface area contributed by atoms with E-state index in [-0.39, 0.29) is 17.3 Å². The van der Waals surface area contributed by atoms with Crippen LogP contribution in [0.1, 0.15) is 84.4 Å². The molecule has 0 aromatic heterocycles. The average Bonchev–Trinajstić information content (AvgIpc) is 2.79. The molecule has 0 radical (unpaired) electrons. The zero-order valence-corrected chi connectivity index (χ0v) is 17.8. The van der Waals surface area contributed by atoms with Crippen LogP contribution in [0.25, 0.3) is 0 Å². The van der Waals surface area contributed by atoms with Gasteiger partial charge in [-0.3, -0.25) is 4.79 Å². The minimum absolute atomic E-state index is 0.180. The molecule has 1 aromatic carbocycles. The van der Waals surface area contributed by atoms with E-state index in [9.17, 15) is 9.90 Å². The van der Waals surface area contributed by atoms with Gasteiger partial charge in [0.15, 0.2) is 0 Å². The van der Waals surface area contributed by atoms with Crippen molar-refractivity contribution in [2.45, 2.75) is 90.6 Å². The van der Waals surface area contributed by atoms with Gasteiger partial charge in [-0.15, -0.1) is 0 Å². The number of unbranched alkanes of at least 4 members (excludes halogenated alkanes) is 1. The number of hydrogen-bond donors (Lipinski definition) is 2. The standard InChI is InChI=1S/C23H34O4/c1-21(2,3)16-13-17-15(19(20(16)26)22(4,5)6)14-23(7,27-17)12-10-8-9-11-18(24)25/h10,12-13,26H,8-9,11,14H2,1-7H3,(H,24,25)/b12-10+. The fourth-order valence-electron chi connectivity index (χ4n) is 3.77. The van der Waals surface area contributed by atoms with Crippen LogP contribution in [0.4, 0.5) is 0 Å². The van der Waals surface area contributed by atoms with E-state index >= 15 is 0 Å². The van der Waals surface area contributed by atoms with Gasteiger partial charge in [0.1, 0.15) is 17.1 Å². The van der Waals surface area contributed by atoms with Crippen molar-refractivity contribution < 1.29 is 19.7 Å². The van der Waals surface area contributed by atoms with Crippen LogP contribution in [-0.2, 0) is 22.0 Å². The highest BCUT2D eigenvalue weighted by molar-refractivity contribution is 5.66. The second kappa shape index (κ2) is 7.21. The molecule has 0 aliphatic carbocycles. The number of rotatable bonds is 5. The van der Waals surface area contributed by atoms with E-state index < -0.39 is 11.6 Å². The summed E-state index contributed by atoms with van der Waals surface area (Å²) in [4.78, 5) is 10.6. The Balaban J connectivity index is 2.37. The molecule has 0 saturated heterocycles. The monoisotopic (exact) mass is 374 g/mol. The first kappa shape index (κ1) is 21.3. The molecule has 1 atom stereocenters. The number of hydrogen-bond acceptors (Lipinski definition) is 3. The Kier molecular flexibility index (Phi) is 5.70. The predicted molar refractivity (Wildman–Crippen MR) is 109 cm³/mol. The summed E-state index contributed by atoms with van der Waals surface area (Å²) in [5.41, 5.74) is 2.08. The van der Waals surface area contributed by atoms with Crippen molar-refractivity contribution in [1.29, 1.82) is 0 Å². The number of phenols is 1. The predicted octanol–water partition coefficient (Wildman–Crippen LogP) is 5.49. The zero-order chi connectivity index (χ0) is 20.6. The summed E-state index contributed by atoms with van der Waals surface area (Å²) >= 11 is 0. The van der Waals surface area contributed by atoms with E-state index in [1.165, 1.54) is 0 Å². The number of ether oxygens (including phenoxy) is 1. The highest BCUT2D eigenvalue weighted by Gasteiger charge is 2.39. The Labute approximate surface area is 163 Å². The smallest absolute Gasteiger partial charge is 0.303 e. The summed E-state index contributed by atoms with van der Waals surface area (Å²) < 4.78 is 6.33. The topological polar surface area (TPSA) is 66.8 Å². The summed E-state index contributed by atoms with van der Waals surface area (Å²) in [6.07, 6.45) is 6.26. The van der Waals surface area contributed by atoms with Crippen LogP contribution in [0.5, 0.6) is 11.5 Å². The summed E-state index contributed by atoms with van der Waals surface area (Å²) in [6.45, 7) is 14.7. The van der Waals surface area contributed by atoms with Crippen molar-refractivity contribution in [3.63, 3.8) is 0 Å². The third-order valence-electron chi connectivity index (χ3n) is 5.03. The fourth-order valence-corrected chi connectivity index (χ4v) is 3.77. The van der Waals surface area contributed by atoms with E-state index in [1.54, 1.807) is 0 Å². The van der Waals surface area contributed by atoms with Crippen LogP contribution >= 0.6 is 0 Å². The number of carboxylic acids is 1. The SMILES string of the molecule is CC1(/C=C/CCCC(=O)O)Cc2c(cc(C(C)(C)C)c(O)c2C(C)(C)C)O1. The van der Waals surface area contributed by atoms with E-state index in [2.05, 4.69) is 41.5 Å². The number of carbonyl (C=O) groups is 1. The van der Waals surface area contributed by atoms with Crippen molar-refractivity contribution in [2.24, 2.45) is 0 Å². The van der Waals surface area contributed by atoms with Crippen LogP contribution < -0.4 is 4.74 Å². The molecule has 0 saturated carbocycles. The second-order valence-corrected chi connectivity index (χ2v) is 9.90. The van der Waals surface area contributed by atoms with Crippen LogP contribution in [0.2, 0.25) is 0 Å². The maximum absolute atomic E-state index is 11.1. The molecule has 150 valence electrons. The number of fused-ring (bicyclic) bond motifs is 1. The van der Waals surface area contributed by atoms with Crippen molar-refractivity contribution in [2.75, 3.05) is 0 Å². The van der Waals surface area contributed by atoms with Crippen molar-refractivity contribution >= 4 is 5.97 Å². The normalized spacial score (nSPS) is 20.0. The van der Waals surface area contributed by atoms with Crippen LogP contribution in [0.3, 0.4) is 0 Å². The number of aliphatic carboxylic acids is 1. The largest absolute Gasteiger partial charge is 0.507 e. The highest BCUT2D eigenvalue weighted by Crippen LogP contribution is 2.49. The molecule has 0 fully saturated rings. The van der Waals surface area contributed by atoms with Crippen molar-refractivity contribution in [3.8, 4) is 11.5 Å². The van der Waals surface area contributed by atoms with Crippen LogP contribution in [0, 0.1) is 0 Å². The maximum Gasteiger partial charge on any atom is 0.303 e. The number of benzene rings is 1. The van der Waals surface area contributed by atoms with Gasteiger partial charge in [-0.05, 0) is 42.7 Å². The van der Waals surface area contributed by atoms with Crippen molar-refractivity contribution in [1.82, 2.24) is 0 Å². The number of allylic oxidation sites excluding steroid dienone is 1. The molecule has 0 amide bonds. The molecule has 4 heteroatoms. The summed E-state index contributed by atoms with van der Waals surface area (Å²) in [5, 5.41) is 19.8. The summed E-state index contributed by atoms with van der Waals surface area (Å²) in [7, 11) is 0. The third kappa shape index (κ3) is 4.85. The first-order valence-corrected chi connectivity index (χ1v) is 9.73. The Bertz CT molecular complexity index is 747. The van der Waals surface area contributed by atoms with E-state index in [0.717, 1.165) is 22.4 Å². The Morgan fingerprint density at radius 3 is 2.37 bits per heavy atom. The van der Waals surface area contributed by atoms with Gasteiger partial charge in [-0.1, -0.05) is 47.6 Å². The van der Waals surface area contributed by atoms with E-state index in [4.69, 9.17) is 9.84 Å². The molecule has 4 nitrogen and oxygen atoms in total. The Morgan fingerprint density at radius 1 is 1.22 bits per heavy atom. The summed E-state index contributed by atoms with van der Waals surface area (Å²) in [6, 6.07) is 1.99. The molecule has 2 N–H and O–H groups in total. The van der Waals surface area contributed by atoms with Gasteiger partial charge >= 0.3 is 5.97 Å². The number of carboxylic acid groups (broad SMARTS) is 1. The fraction of sp³-hybridized carbons (Fsp3) is 0.609. The molecular weight excluding hydrogens is 340 g/mol. The maximum atomic E-state index is 11.1. The molecule has 2 rings (SSSR count). The molecule has 1 heterocycles. The molecule has 1 unspecified atom stereocenters. The first-order valence-electron chi connectivity index (χ1n) is 9.73. The van der Waals surface area contributed by atoms with Gasteiger partial charge in [0.2, 0.25) is 0 Å². The molecule has 0 spiro atoms.